The van der Waals surface area contributed by atoms with Gasteiger partial charge in [-0.05, 0) is 12.1 Å². The van der Waals surface area contributed by atoms with Crippen molar-refractivity contribution in [3.63, 3.8) is 0 Å². The van der Waals surface area contributed by atoms with Gasteiger partial charge in [0, 0.05) is 4.43 Å². The molecular formula is C8H7IN4O. The van der Waals surface area contributed by atoms with Gasteiger partial charge in [-0.2, -0.15) is 5.10 Å². The van der Waals surface area contributed by atoms with E-state index in [9.17, 15) is 4.79 Å². The maximum absolute atomic E-state index is 10.8. The molecule has 2 aromatic heterocycles. The molecule has 0 spiro atoms. The Morgan fingerprint density at radius 2 is 2.36 bits per heavy atom. The van der Waals surface area contributed by atoms with Crippen molar-refractivity contribution in [2.45, 2.75) is 4.43 Å². The number of nitrogens with zero attached hydrogens (tertiary/aromatic N) is 3. The first-order valence-corrected chi connectivity index (χ1v) is 5.44. The summed E-state index contributed by atoms with van der Waals surface area (Å²) in [5.41, 5.74) is 6.91. The summed E-state index contributed by atoms with van der Waals surface area (Å²) in [5, 5.41) is 4.24. The number of hydrogen-bond acceptors (Lipinski definition) is 3. The van der Waals surface area contributed by atoms with Crippen LogP contribution in [0.4, 0.5) is 0 Å². The number of carbonyl (C=O) groups excluding carboxylic acids is 1. The quantitative estimate of drug-likeness (QED) is 0.657. The third-order valence-corrected chi connectivity index (χ3v) is 2.55. The van der Waals surface area contributed by atoms with Gasteiger partial charge in [0.05, 0.1) is 11.9 Å². The van der Waals surface area contributed by atoms with E-state index >= 15 is 0 Å². The van der Waals surface area contributed by atoms with Crippen LogP contribution in [-0.4, -0.2) is 20.5 Å². The zero-order valence-electron chi connectivity index (χ0n) is 7.14. The van der Waals surface area contributed by atoms with Gasteiger partial charge < -0.3 is 5.73 Å². The summed E-state index contributed by atoms with van der Waals surface area (Å²) in [4.78, 5) is 14.9. The Morgan fingerprint density at radius 1 is 1.57 bits per heavy atom. The molecular weight excluding hydrogens is 295 g/mol. The number of alkyl halides is 1. The van der Waals surface area contributed by atoms with E-state index in [-0.39, 0.29) is 5.69 Å². The number of amides is 1. The highest BCUT2D eigenvalue weighted by molar-refractivity contribution is 14.1. The van der Waals surface area contributed by atoms with Gasteiger partial charge in [0.2, 0.25) is 0 Å². The summed E-state index contributed by atoms with van der Waals surface area (Å²) in [6.45, 7) is 0. The van der Waals surface area contributed by atoms with Crippen LogP contribution in [0.15, 0.2) is 18.3 Å². The van der Waals surface area contributed by atoms with Gasteiger partial charge >= 0.3 is 0 Å². The maximum Gasteiger partial charge on any atom is 0.268 e. The van der Waals surface area contributed by atoms with E-state index in [1.54, 1.807) is 4.52 Å². The van der Waals surface area contributed by atoms with E-state index in [2.05, 4.69) is 32.7 Å². The van der Waals surface area contributed by atoms with Gasteiger partial charge in [-0.1, -0.05) is 22.6 Å². The summed E-state index contributed by atoms with van der Waals surface area (Å²) in [7, 11) is 0. The molecule has 0 aliphatic rings. The minimum absolute atomic E-state index is 0.239. The number of fused-ring (bicyclic) bond motifs is 1. The summed E-state index contributed by atoms with van der Waals surface area (Å²) in [6.07, 6.45) is 1.54. The fourth-order valence-corrected chi connectivity index (χ4v) is 1.52. The standard InChI is InChI=1S/C8H7IN4O/c9-3-5-1-2-7-11-6(8(10)14)4-13(7)12-5/h1-2,4H,3H2,(H2,10,14). The van der Waals surface area contributed by atoms with Crippen LogP contribution < -0.4 is 5.73 Å². The van der Waals surface area contributed by atoms with E-state index in [0.29, 0.717) is 5.65 Å². The Balaban J connectivity index is 2.60. The second kappa shape index (κ2) is 3.52. The molecule has 72 valence electrons. The molecule has 2 heterocycles. The Kier molecular flexibility index (Phi) is 2.36. The van der Waals surface area contributed by atoms with Crippen LogP contribution in [0.1, 0.15) is 16.2 Å². The molecule has 2 aromatic rings. The summed E-state index contributed by atoms with van der Waals surface area (Å²) in [5.74, 6) is -0.536. The molecule has 0 radical (unpaired) electrons. The van der Waals surface area contributed by atoms with Crippen LogP contribution in [0.2, 0.25) is 0 Å². The molecule has 6 heteroatoms. The molecule has 0 aliphatic heterocycles. The minimum atomic E-state index is -0.536. The number of hydrogen-bond donors (Lipinski definition) is 1. The van der Waals surface area contributed by atoms with Crippen LogP contribution in [0.5, 0.6) is 0 Å². The van der Waals surface area contributed by atoms with Crippen molar-refractivity contribution >= 4 is 34.1 Å². The Morgan fingerprint density at radius 3 is 3.00 bits per heavy atom. The summed E-state index contributed by atoms with van der Waals surface area (Å²) in [6, 6.07) is 3.69. The molecule has 0 saturated heterocycles. The molecule has 5 nitrogen and oxygen atoms in total. The number of aromatic nitrogens is 3. The molecule has 0 aliphatic carbocycles. The second-order valence-electron chi connectivity index (χ2n) is 2.75. The van der Waals surface area contributed by atoms with Gasteiger partial charge in [-0.15, -0.1) is 0 Å². The lowest BCUT2D eigenvalue weighted by atomic mass is 10.4. The number of halogens is 1. The SMILES string of the molecule is NC(=O)c1cn2nc(CI)ccc2n1. The monoisotopic (exact) mass is 302 g/mol. The van der Waals surface area contributed by atoms with Crippen molar-refractivity contribution < 1.29 is 4.79 Å². The Hall–Kier alpha value is -1.18. The van der Waals surface area contributed by atoms with Gasteiger partial charge in [0.25, 0.3) is 5.91 Å². The topological polar surface area (TPSA) is 73.3 Å². The van der Waals surface area contributed by atoms with Crippen molar-refractivity contribution in [3.8, 4) is 0 Å². The van der Waals surface area contributed by atoms with Crippen LogP contribution in [0.25, 0.3) is 5.65 Å². The first-order valence-electron chi connectivity index (χ1n) is 3.92. The van der Waals surface area contributed by atoms with Gasteiger partial charge in [-0.3, -0.25) is 4.79 Å². The molecule has 2 N–H and O–H groups in total. The smallest absolute Gasteiger partial charge is 0.268 e. The van der Waals surface area contributed by atoms with E-state index in [4.69, 9.17) is 5.73 Å². The average molecular weight is 302 g/mol. The molecule has 0 unspecified atom stereocenters. The number of carbonyl (C=O) groups is 1. The first-order chi connectivity index (χ1) is 6.70. The van der Waals surface area contributed by atoms with Crippen molar-refractivity contribution in [1.29, 1.82) is 0 Å². The van der Waals surface area contributed by atoms with E-state index in [0.717, 1.165) is 10.1 Å². The van der Waals surface area contributed by atoms with Crippen molar-refractivity contribution in [1.82, 2.24) is 14.6 Å². The summed E-state index contributed by atoms with van der Waals surface area (Å²) < 4.78 is 2.38. The molecule has 14 heavy (non-hydrogen) atoms. The Bertz CT molecular complexity index is 493. The number of rotatable bonds is 2. The minimum Gasteiger partial charge on any atom is -0.364 e. The van der Waals surface area contributed by atoms with Crippen molar-refractivity contribution in [3.05, 3.63) is 29.7 Å². The second-order valence-corrected chi connectivity index (χ2v) is 3.51. The van der Waals surface area contributed by atoms with Gasteiger partial charge in [0.15, 0.2) is 5.65 Å². The zero-order chi connectivity index (χ0) is 10.1. The molecule has 0 bridgehead atoms. The maximum atomic E-state index is 10.8. The van der Waals surface area contributed by atoms with Crippen LogP contribution in [0, 0.1) is 0 Å². The lowest BCUT2D eigenvalue weighted by molar-refractivity contribution is 0.0996. The van der Waals surface area contributed by atoms with E-state index in [1.807, 2.05) is 12.1 Å². The fraction of sp³-hybridized carbons (Fsp3) is 0.125. The summed E-state index contributed by atoms with van der Waals surface area (Å²) >= 11 is 2.22. The van der Waals surface area contributed by atoms with Gasteiger partial charge in [0.1, 0.15) is 5.69 Å². The van der Waals surface area contributed by atoms with Crippen molar-refractivity contribution in [2.24, 2.45) is 5.73 Å². The van der Waals surface area contributed by atoms with Crippen LogP contribution >= 0.6 is 22.6 Å². The predicted molar refractivity (Wildman–Crippen MR) is 59.2 cm³/mol. The lowest BCUT2D eigenvalue weighted by Crippen LogP contribution is -2.10. The number of nitrogens with two attached hydrogens (primary N) is 1. The third kappa shape index (κ3) is 1.57. The van der Waals surface area contributed by atoms with Gasteiger partial charge in [-0.25, -0.2) is 9.50 Å². The Labute approximate surface area is 93.5 Å². The van der Waals surface area contributed by atoms with E-state index in [1.165, 1.54) is 6.20 Å². The van der Waals surface area contributed by atoms with Crippen LogP contribution in [0.3, 0.4) is 0 Å². The molecule has 1 amide bonds. The number of imidazole rings is 1. The molecule has 0 atom stereocenters. The fourth-order valence-electron chi connectivity index (χ4n) is 1.11. The largest absolute Gasteiger partial charge is 0.364 e. The molecule has 0 fully saturated rings. The highest BCUT2D eigenvalue weighted by atomic mass is 127. The highest BCUT2D eigenvalue weighted by Gasteiger charge is 2.07. The first kappa shape index (κ1) is 9.38. The van der Waals surface area contributed by atoms with Crippen LogP contribution in [-0.2, 0) is 4.43 Å². The molecule has 0 aromatic carbocycles. The average Bonchev–Trinajstić information content (AvgIpc) is 2.59. The molecule has 2 rings (SSSR count). The van der Waals surface area contributed by atoms with Crippen molar-refractivity contribution in [2.75, 3.05) is 0 Å². The zero-order valence-corrected chi connectivity index (χ0v) is 9.30. The lowest BCUT2D eigenvalue weighted by Gasteiger charge is -1.94. The molecule has 0 saturated carbocycles. The third-order valence-electron chi connectivity index (χ3n) is 1.76. The highest BCUT2D eigenvalue weighted by Crippen LogP contribution is 2.06. The van der Waals surface area contributed by atoms with E-state index < -0.39 is 5.91 Å². The number of primary amides is 1. The predicted octanol–water partition coefficient (Wildman–Crippen LogP) is 0.763. The normalized spacial score (nSPS) is 10.6.